The first kappa shape index (κ1) is 23.6. The number of hydrogen-bond acceptors (Lipinski definition) is 7. The van der Waals surface area contributed by atoms with Gasteiger partial charge in [-0.3, -0.25) is 24.7 Å². The van der Waals surface area contributed by atoms with Gasteiger partial charge in [-0.05, 0) is 55.0 Å². The number of nitrogens with zero attached hydrogens (tertiary/aromatic N) is 3. The predicted molar refractivity (Wildman–Crippen MR) is 134 cm³/mol. The minimum Gasteiger partial charge on any atom is -0.497 e. The average molecular weight is 496 g/mol. The first-order chi connectivity index (χ1) is 17.2. The smallest absolute Gasteiger partial charge is 0.401 e. The third-order valence-electron chi connectivity index (χ3n) is 5.82. The maximum atomic E-state index is 13.8. The Bertz CT molecular complexity index is 1410. The van der Waals surface area contributed by atoms with E-state index in [4.69, 9.17) is 4.74 Å². The van der Waals surface area contributed by atoms with Gasteiger partial charge in [-0.15, -0.1) is 0 Å². The molecule has 0 saturated carbocycles. The van der Waals surface area contributed by atoms with Crippen LogP contribution in [0.4, 0.5) is 30.4 Å². The highest BCUT2D eigenvalue weighted by molar-refractivity contribution is 5.92. The van der Waals surface area contributed by atoms with E-state index in [-0.39, 0.29) is 11.6 Å². The van der Waals surface area contributed by atoms with Crippen molar-refractivity contribution in [2.24, 2.45) is 9.98 Å². The first-order valence-corrected chi connectivity index (χ1v) is 11.2. The second-order valence-electron chi connectivity index (χ2n) is 8.46. The van der Waals surface area contributed by atoms with Crippen molar-refractivity contribution >= 4 is 29.6 Å². The van der Waals surface area contributed by atoms with Gasteiger partial charge in [0.25, 0.3) is 5.56 Å². The largest absolute Gasteiger partial charge is 0.497 e. The lowest BCUT2D eigenvalue weighted by Gasteiger charge is -2.27. The highest BCUT2D eigenvalue weighted by Crippen LogP contribution is 2.34. The highest BCUT2D eigenvalue weighted by Gasteiger charge is 2.29. The van der Waals surface area contributed by atoms with Crippen molar-refractivity contribution < 1.29 is 17.9 Å². The van der Waals surface area contributed by atoms with Gasteiger partial charge in [0, 0.05) is 23.6 Å². The van der Waals surface area contributed by atoms with Crippen LogP contribution in [0.15, 0.2) is 63.3 Å². The molecule has 3 N–H and O–H groups in total. The first-order valence-electron chi connectivity index (χ1n) is 11.2. The normalized spacial score (nSPS) is 18.1. The van der Waals surface area contributed by atoms with Gasteiger partial charge in [-0.1, -0.05) is 6.07 Å². The number of nitrogens with one attached hydrogen (secondary N) is 3. The summed E-state index contributed by atoms with van der Waals surface area (Å²) >= 11 is 0. The summed E-state index contributed by atoms with van der Waals surface area (Å²) in [6.07, 6.45) is -2.19. The van der Waals surface area contributed by atoms with Crippen molar-refractivity contribution in [3.05, 3.63) is 64.4 Å². The van der Waals surface area contributed by atoms with Gasteiger partial charge in [-0.2, -0.15) is 13.2 Å². The zero-order valence-corrected chi connectivity index (χ0v) is 19.4. The molecule has 0 bridgehead atoms. The van der Waals surface area contributed by atoms with Crippen molar-refractivity contribution in [2.75, 3.05) is 24.3 Å². The zero-order chi connectivity index (χ0) is 25.4. The van der Waals surface area contributed by atoms with Crippen LogP contribution in [0.3, 0.4) is 0 Å². The number of anilines is 2. The maximum Gasteiger partial charge on any atom is 0.401 e. The third kappa shape index (κ3) is 4.69. The van der Waals surface area contributed by atoms with Crippen LogP contribution < -0.4 is 26.2 Å². The zero-order valence-electron chi connectivity index (χ0n) is 19.4. The molecule has 0 radical (unpaired) electrons. The van der Waals surface area contributed by atoms with Crippen LogP contribution in [0.5, 0.6) is 5.75 Å². The molecule has 0 amide bonds. The Morgan fingerprint density at radius 3 is 2.61 bits per heavy atom. The number of aromatic nitrogens is 1. The molecule has 1 unspecified atom stereocenters. The fourth-order valence-electron chi connectivity index (χ4n) is 4.11. The van der Waals surface area contributed by atoms with Crippen LogP contribution in [-0.4, -0.2) is 49.2 Å². The van der Waals surface area contributed by atoms with E-state index in [1.54, 1.807) is 30.3 Å². The molecule has 8 nitrogen and oxygen atoms in total. The quantitative estimate of drug-likeness (QED) is 0.490. The molecule has 5 rings (SSSR count). The van der Waals surface area contributed by atoms with Crippen LogP contribution in [0.2, 0.25) is 0 Å². The molecule has 11 heteroatoms. The van der Waals surface area contributed by atoms with E-state index in [2.05, 4.69) is 25.9 Å². The molecule has 0 saturated heterocycles. The van der Waals surface area contributed by atoms with Crippen molar-refractivity contribution in [1.82, 2.24) is 9.88 Å². The summed E-state index contributed by atoms with van der Waals surface area (Å²) in [5.74, 6) is 0.935. The third-order valence-corrected chi connectivity index (χ3v) is 5.82. The minimum absolute atomic E-state index is 0.0460. The van der Waals surface area contributed by atoms with E-state index >= 15 is 0 Å². The molecule has 2 atom stereocenters. The summed E-state index contributed by atoms with van der Waals surface area (Å²) in [6.45, 7) is 0.741. The standard InChI is InChI=1S/C25H23F3N6O2/c1-14-11-29-20-8-3-15(10-21(20)32-14)19-9-16-12-30-24(31-13-25(26,27)28)33-22(16)34(23(19)35)17-4-6-18(36-2)7-5-17/h3-12,14,24,31-33H,13H2,1-2H3/t14-,24?/m0/s1. The van der Waals surface area contributed by atoms with E-state index in [9.17, 15) is 18.0 Å². The van der Waals surface area contributed by atoms with Crippen LogP contribution in [0.25, 0.3) is 16.8 Å². The van der Waals surface area contributed by atoms with Gasteiger partial charge in [0.1, 0.15) is 11.6 Å². The molecular formula is C25H23F3N6O2. The SMILES string of the molecule is COc1ccc(-n2c3c(cc(-c4ccc5c(c4)N[C@@H](C)C=N5)c2=O)C=NC(NCC(F)(F)F)N3)cc1. The molecule has 3 aromatic rings. The summed E-state index contributed by atoms with van der Waals surface area (Å²) in [4.78, 5) is 22.4. The van der Waals surface area contributed by atoms with Crippen LogP contribution in [0, 0.1) is 0 Å². The second-order valence-corrected chi connectivity index (χ2v) is 8.46. The number of ether oxygens (including phenoxy) is 1. The fourth-order valence-corrected chi connectivity index (χ4v) is 4.11. The average Bonchev–Trinajstić information content (AvgIpc) is 2.86. The molecule has 3 heterocycles. The number of rotatable bonds is 5. The fraction of sp³-hybridized carbons (Fsp3) is 0.240. The molecule has 2 aliphatic rings. The Morgan fingerprint density at radius 1 is 1.11 bits per heavy atom. The van der Waals surface area contributed by atoms with Gasteiger partial charge >= 0.3 is 6.18 Å². The molecule has 0 spiro atoms. The predicted octanol–water partition coefficient (Wildman–Crippen LogP) is 4.31. The summed E-state index contributed by atoms with van der Waals surface area (Å²) < 4.78 is 44.9. The molecule has 0 fully saturated rings. The highest BCUT2D eigenvalue weighted by atomic mass is 19.4. The number of methoxy groups -OCH3 is 1. The Labute approximate surface area is 204 Å². The van der Waals surface area contributed by atoms with E-state index in [1.807, 2.05) is 31.3 Å². The van der Waals surface area contributed by atoms with Crippen LogP contribution in [0.1, 0.15) is 12.5 Å². The van der Waals surface area contributed by atoms with E-state index < -0.39 is 19.0 Å². The van der Waals surface area contributed by atoms with Crippen molar-refractivity contribution in [3.63, 3.8) is 0 Å². The molecular weight excluding hydrogens is 473 g/mol. The lowest BCUT2D eigenvalue weighted by Crippen LogP contribution is -2.43. The topological polar surface area (TPSA) is 92.0 Å². The number of benzene rings is 2. The van der Waals surface area contributed by atoms with Crippen molar-refractivity contribution in [2.45, 2.75) is 25.4 Å². The lowest BCUT2D eigenvalue weighted by atomic mass is 10.0. The number of pyridine rings is 1. The summed E-state index contributed by atoms with van der Waals surface area (Å²) in [5, 5.41) is 8.58. The van der Waals surface area contributed by atoms with Gasteiger partial charge in [0.05, 0.1) is 36.8 Å². The van der Waals surface area contributed by atoms with E-state index in [1.165, 1.54) is 17.9 Å². The minimum atomic E-state index is -4.40. The second kappa shape index (κ2) is 9.15. The number of hydrogen-bond donors (Lipinski definition) is 3. The van der Waals surface area contributed by atoms with Gasteiger partial charge in [-0.25, -0.2) is 0 Å². The maximum absolute atomic E-state index is 13.8. The summed E-state index contributed by atoms with van der Waals surface area (Å²) in [7, 11) is 1.54. The van der Waals surface area contributed by atoms with Gasteiger partial charge < -0.3 is 15.4 Å². The Morgan fingerprint density at radius 2 is 1.89 bits per heavy atom. The van der Waals surface area contributed by atoms with Crippen molar-refractivity contribution in [3.8, 4) is 22.6 Å². The molecule has 2 aliphatic heterocycles. The van der Waals surface area contributed by atoms with E-state index in [0.29, 0.717) is 33.9 Å². The molecule has 0 aliphatic carbocycles. The van der Waals surface area contributed by atoms with Crippen LogP contribution in [-0.2, 0) is 0 Å². The summed E-state index contributed by atoms with van der Waals surface area (Å²) in [6, 6.07) is 14.1. The molecule has 36 heavy (non-hydrogen) atoms. The van der Waals surface area contributed by atoms with E-state index in [0.717, 1.165) is 11.4 Å². The Kier molecular flexibility index (Phi) is 6.00. The lowest BCUT2D eigenvalue weighted by molar-refractivity contribution is -0.125. The monoisotopic (exact) mass is 496 g/mol. The molecule has 1 aromatic heterocycles. The van der Waals surface area contributed by atoms with Crippen LogP contribution >= 0.6 is 0 Å². The Hall–Kier alpha value is -4.12. The number of halogens is 3. The Balaban J connectivity index is 1.62. The molecule has 2 aromatic carbocycles. The van der Waals surface area contributed by atoms with Gasteiger partial charge in [0.15, 0.2) is 6.29 Å². The molecule has 186 valence electrons. The number of aliphatic imine (C=N–C) groups is 2. The number of fused-ring (bicyclic) bond motifs is 2. The summed E-state index contributed by atoms with van der Waals surface area (Å²) in [5.41, 5.74) is 3.39. The van der Waals surface area contributed by atoms with Crippen molar-refractivity contribution in [1.29, 1.82) is 0 Å². The van der Waals surface area contributed by atoms with Gasteiger partial charge in [0.2, 0.25) is 0 Å². The number of alkyl halides is 3.